The largest absolute Gasteiger partial charge is 0.392 e. The van der Waals surface area contributed by atoms with E-state index in [1.807, 2.05) is 4.90 Å². The predicted molar refractivity (Wildman–Crippen MR) is 82.4 cm³/mol. The standard InChI is InChI=1S/C14H16N4O5/c19-9-2-1-3-17(7-9)6-8-4-10-11(5-12(8)18(22)23)16-14(21)13(20)15-10/h4-5,9,19H,1-3,6-7H2,(H,15,20)(H,16,21). The van der Waals surface area contributed by atoms with Gasteiger partial charge in [-0.1, -0.05) is 0 Å². The van der Waals surface area contributed by atoms with Gasteiger partial charge in [0.15, 0.2) is 0 Å². The number of hydrogen-bond acceptors (Lipinski definition) is 6. The van der Waals surface area contributed by atoms with Crippen molar-refractivity contribution in [2.24, 2.45) is 0 Å². The highest BCUT2D eigenvalue weighted by Gasteiger charge is 2.22. The number of aromatic nitrogens is 2. The predicted octanol–water partition coefficient (Wildman–Crippen LogP) is 0.0813. The molecule has 1 aromatic heterocycles. The number of likely N-dealkylation sites (tertiary alicyclic amines) is 1. The van der Waals surface area contributed by atoms with Crippen molar-refractivity contribution in [1.82, 2.24) is 14.9 Å². The Morgan fingerprint density at radius 3 is 2.52 bits per heavy atom. The summed E-state index contributed by atoms with van der Waals surface area (Å²) in [6, 6.07) is 2.76. The normalized spacial score (nSPS) is 19.1. The fourth-order valence-electron chi connectivity index (χ4n) is 2.91. The zero-order chi connectivity index (χ0) is 16.6. The van der Waals surface area contributed by atoms with Gasteiger partial charge in [0.25, 0.3) is 5.69 Å². The number of fused-ring (bicyclic) bond motifs is 1. The van der Waals surface area contributed by atoms with Crippen molar-refractivity contribution in [2.75, 3.05) is 13.1 Å². The molecule has 0 spiro atoms. The van der Waals surface area contributed by atoms with E-state index < -0.39 is 22.1 Å². The number of piperidine rings is 1. The smallest absolute Gasteiger partial charge is 0.314 e. The van der Waals surface area contributed by atoms with Crippen molar-refractivity contribution in [3.05, 3.63) is 48.5 Å². The molecule has 122 valence electrons. The highest BCUT2D eigenvalue weighted by molar-refractivity contribution is 5.78. The van der Waals surface area contributed by atoms with E-state index in [0.29, 0.717) is 24.2 Å². The maximum Gasteiger partial charge on any atom is 0.314 e. The quantitative estimate of drug-likeness (QED) is 0.417. The second kappa shape index (κ2) is 5.94. The summed E-state index contributed by atoms with van der Waals surface area (Å²) < 4.78 is 0. The zero-order valence-electron chi connectivity index (χ0n) is 12.2. The van der Waals surface area contributed by atoms with E-state index in [0.717, 1.165) is 19.4 Å². The first-order chi connectivity index (χ1) is 10.9. The van der Waals surface area contributed by atoms with Crippen LogP contribution in [0.15, 0.2) is 21.7 Å². The van der Waals surface area contributed by atoms with Gasteiger partial charge in [0.2, 0.25) is 0 Å². The Labute approximate surface area is 129 Å². The Hall–Kier alpha value is -2.52. The lowest BCUT2D eigenvalue weighted by molar-refractivity contribution is -0.385. The number of aliphatic hydroxyl groups excluding tert-OH is 1. The Morgan fingerprint density at radius 2 is 1.91 bits per heavy atom. The fourth-order valence-corrected chi connectivity index (χ4v) is 2.91. The first-order valence-electron chi connectivity index (χ1n) is 7.28. The molecule has 1 aromatic carbocycles. The molecule has 0 saturated carbocycles. The van der Waals surface area contributed by atoms with Crippen LogP contribution in [-0.2, 0) is 6.54 Å². The van der Waals surface area contributed by atoms with Gasteiger partial charge in [-0.3, -0.25) is 24.6 Å². The Balaban J connectivity index is 2.05. The molecular formula is C14H16N4O5. The summed E-state index contributed by atoms with van der Waals surface area (Å²) in [6.45, 7) is 1.50. The summed E-state index contributed by atoms with van der Waals surface area (Å²) in [5.74, 6) is 0. The zero-order valence-corrected chi connectivity index (χ0v) is 12.2. The molecule has 9 heteroatoms. The van der Waals surface area contributed by atoms with Gasteiger partial charge >= 0.3 is 11.1 Å². The van der Waals surface area contributed by atoms with Crippen LogP contribution in [0.25, 0.3) is 11.0 Å². The number of benzene rings is 1. The van der Waals surface area contributed by atoms with Crippen molar-refractivity contribution in [3.63, 3.8) is 0 Å². The fraction of sp³-hybridized carbons (Fsp3) is 0.429. The van der Waals surface area contributed by atoms with E-state index in [4.69, 9.17) is 0 Å². The molecule has 23 heavy (non-hydrogen) atoms. The van der Waals surface area contributed by atoms with Crippen LogP contribution in [0.1, 0.15) is 18.4 Å². The van der Waals surface area contributed by atoms with Gasteiger partial charge in [0.1, 0.15) is 0 Å². The van der Waals surface area contributed by atoms with Crippen LogP contribution in [0.5, 0.6) is 0 Å². The number of hydrogen-bond donors (Lipinski definition) is 3. The van der Waals surface area contributed by atoms with Crippen molar-refractivity contribution in [1.29, 1.82) is 0 Å². The number of aliphatic hydroxyl groups is 1. The molecule has 1 aliphatic rings. The Bertz CT molecular complexity index is 872. The molecule has 0 amide bonds. The number of H-pyrrole nitrogens is 2. The second-order valence-electron chi connectivity index (χ2n) is 5.72. The van der Waals surface area contributed by atoms with Crippen LogP contribution in [-0.4, -0.2) is 44.1 Å². The summed E-state index contributed by atoms with van der Waals surface area (Å²) >= 11 is 0. The Kier molecular flexibility index (Phi) is 3.97. The van der Waals surface area contributed by atoms with Crippen LogP contribution in [0.3, 0.4) is 0 Å². The average Bonchev–Trinajstić information content (AvgIpc) is 2.48. The SMILES string of the molecule is O=c1[nH]c2cc(CN3CCCC(O)C3)c([N+](=O)[O-])cc2[nH]c1=O. The first-order valence-corrected chi connectivity index (χ1v) is 7.28. The maximum absolute atomic E-state index is 11.4. The van der Waals surface area contributed by atoms with E-state index >= 15 is 0 Å². The summed E-state index contributed by atoms with van der Waals surface area (Å²) in [4.78, 5) is 40.2. The van der Waals surface area contributed by atoms with Crippen molar-refractivity contribution < 1.29 is 10.0 Å². The number of nitro groups is 1. The highest BCUT2D eigenvalue weighted by atomic mass is 16.6. The summed E-state index contributed by atoms with van der Waals surface area (Å²) in [5, 5.41) is 21.0. The highest BCUT2D eigenvalue weighted by Crippen LogP contribution is 2.25. The first kappa shape index (κ1) is 15.4. The molecule has 2 aromatic rings. The second-order valence-corrected chi connectivity index (χ2v) is 5.72. The summed E-state index contributed by atoms with van der Waals surface area (Å²) in [7, 11) is 0. The summed E-state index contributed by atoms with van der Waals surface area (Å²) in [5.41, 5.74) is -0.791. The molecule has 0 bridgehead atoms. The molecule has 1 fully saturated rings. The van der Waals surface area contributed by atoms with Gasteiger partial charge in [0.05, 0.1) is 22.1 Å². The number of nitrogens with zero attached hydrogens (tertiary/aromatic N) is 2. The number of β-amino-alcohol motifs (C(OH)–C–C–N with tert-alkyl or cyclic N) is 1. The minimum Gasteiger partial charge on any atom is -0.392 e. The average molecular weight is 320 g/mol. The number of aromatic amines is 2. The molecule has 0 aliphatic carbocycles. The molecule has 3 N–H and O–H groups in total. The third kappa shape index (κ3) is 3.15. The molecule has 3 rings (SSSR count). The molecule has 1 atom stereocenters. The molecule has 1 unspecified atom stereocenters. The molecule has 1 aliphatic heterocycles. The molecule has 9 nitrogen and oxygen atoms in total. The van der Waals surface area contributed by atoms with E-state index in [1.165, 1.54) is 12.1 Å². The van der Waals surface area contributed by atoms with Crippen LogP contribution in [0.4, 0.5) is 5.69 Å². The lowest BCUT2D eigenvalue weighted by Crippen LogP contribution is -2.37. The van der Waals surface area contributed by atoms with Crippen LogP contribution < -0.4 is 11.1 Å². The van der Waals surface area contributed by atoms with Gasteiger partial charge < -0.3 is 15.1 Å². The minimum atomic E-state index is -0.848. The monoisotopic (exact) mass is 320 g/mol. The van der Waals surface area contributed by atoms with Crippen molar-refractivity contribution in [2.45, 2.75) is 25.5 Å². The number of rotatable bonds is 3. The van der Waals surface area contributed by atoms with E-state index in [1.54, 1.807) is 0 Å². The maximum atomic E-state index is 11.4. The third-order valence-electron chi connectivity index (χ3n) is 3.99. The van der Waals surface area contributed by atoms with Gasteiger partial charge in [-0.25, -0.2) is 0 Å². The van der Waals surface area contributed by atoms with Crippen molar-refractivity contribution >= 4 is 16.7 Å². The topological polar surface area (TPSA) is 132 Å². The Morgan fingerprint density at radius 1 is 1.26 bits per heavy atom. The molecular weight excluding hydrogens is 304 g/mol. The van der Waals surface area contributed by atoms with E-state index in [9.17, 15) is 24.8 Å². The number of nitro benzene ring substituents is 1. The molecule has 2 heterocycles. The van der Waals surface area contributed by atoms with Crippen LogP contribution in [0.2, 0.25) is 0 Å². The van der Waals surface area contributed by atoms with Gasteiger partial charge in [-0.15, -0.1) is 0 Å². The van der Waals surface area contributed by atoms with E-state index in [-0.39, 0.29) is 11.2 Å². The van der Waals surface area contributed by atoms with Gasteiger partial charge in [-0.2, -0.15) is 0 Å². The lowest BCUT2D eigenvalue weighted by Gasteiger charge is -2.29. The van der Waals surface area contributed by atoms with Crippen LogP contribution >= 0.6 is 0 Å². The van der Waals surface area contributed by atoms with Gasteiger partial charge in [-0.05, 0) is 25.5 Å². The molecule has 1 saturated heterocycles. The number of nitrogens with one attached hydrogen (secondary N) is 2. The van der Waals surface area contributed by atoms with Crippen molar-refractivity contribution in [3.8, 4) is 0 Å². The van der Waals surface area contributed by atoms with Crippen LogP contribution in [0, 0.1) is 10.1 Å². The lowest BCUT2D eigenvalue weighted by atomic mass is 10.1. The summed E-state index contributed by atoms with van der Waals surface area (Å²) in [6.07, 6.45) is 1.12. The third-order valence-corrected chi connectivity index (χ3v) is 3.99. The van der Waals surface area contributed by atoms with Gasteiger partial charge in [0, 0.05) is 24.7 Å². The minimum absolute atomic E-state index is 0.125. The van der Waals surface area contributed by atoms with E-state index in [2.05, 4.69) is 9.97 Å². The molecule has 0 radical (unpaired) electrons.